The Hall–Kier alpha value is -1.36. The zero-order chi connectivity index (χ0) is 10.7. The van der Waals surface area contributed by atoms with Gasteiger partial charge in [-0.05, 0) is 6.42 Å². The van der Waals surface area contributed by atoms with Crippen molar-refractivity contribution in [3.63, 3.8) is 0 Å². The molecular formula is C10H16N4O. The molecule has 0 aliphatic carbocycles. The Bertz CT molecular complexity index is 381. The summed E-state index contributed by atoms with van der Waals surface area (Å²) in [6.45, 7) is 5.69. The van der Waals surface area contributed by atoms with Crippen LogP contribution in [0, 0.1) is 0 Å². The summed E-state index contributed by atoms with van der Waals surface area (Å²) in [7, 11) is 0. The van der Waals surface area contributed by atoms with Crippen molar-refractivity contribution in [3.05, 3.63) is 22.1 Å². The topological polar surface area (TPSA) is 61.0 Å². The molecule has 2 rings (SSSR count). The summed E-state index contributed by atoms with van der Waals surface area (Å²) < 4.78 is 0. The molecule has 0 saturated carbocycles. The Balaban J connectivity index is 2.26. The van der Waals surface area contributed by atoms with Crippen LogP contribution < -0.4 is 15.8 Å². The molecule has 1 fully saturated rings. The van der Waals surface area contributed by atoms with E-state index < -0.39 is 0 Å². The molecule has 0 atom stereocenters. The molecule has 2 N–H and O–H groups in total. The van der Waals surface area contributed by atoms with E-state index in [4.69, 9.17) is 0 Å². The van der Waals surface area contributed by atoms with Gasteiger partial charge in [-0.15, -0.1) is 0 Å². The van der Waals surface area contributed by atoms with Gasteiger partial charge < -0.3 is 10.2 Å². The van der Waals surface area contributed by atoms with Crippen LogP contribution in [0.2, 0.25) is 0 Å². The Morgan fingerprint density at radius 2 is 2.20 bits per heavy atom. The molecule has 15 heavy (non-hydrogen) atoms. The van der Waals surface area contributed by atoms with Gasteiger partial charge in [-0.3, -0.25) is 9.78 Å². The van der Waals surface area contributed by atoms with E-state index in [1.807, 2.05) is 6.92 Å². The van der Waals surface area contributed by atoms with Crippen molar-refractivity contribution < 1.29 is 0 Å². The molecule has 0 unspecified atom stereocenters. The van der Waals surface area contributed by atoms with Gasteiger partial charge in [0.2, 0.25) is 5.95 Å². The van der Waals surface area contributed by atoms with Crippen molar-refractivity contribution in [3.8, 4) is 0 Å². The molecule has 1 aliphatic heterocycles. The number of piperazine rings is 1. The minimum Gasteiger partial charge on any atom is -0.340 e. The number of aromatic nitrogens is 2. The molecule has 0 spiro atoms. The van der Waals surface area contributed by atoms with Crippen molar-refractivity contribution >= 4 is 5.95 Å². The third kappa shape index (κ3) is 2.36. The van der Waals surface area contributed by atoms with E-state index in [9.17, 15) is 4.79 Å². The molecule has 1 aliphatic rings. The predicted octanol–water partition coefficient (Wildman–Crippen LogP) is -0.258. The highest BCUT2D eigenvalue weighted by molar-refractivity contribution is 5.31. The average molecular weight is 208 g/mol. The van der Waals surface area contributed by atoms with Gasteiger partial charge in [-0.1, -0.05) is 6.92 Å². The van der Waals surface area contributed by atoms with Crippen LogP contribution in [0.4, 0.5) is 5.95 Å². The van der Waals surface area contributed by atoms with E-state index in [0.29, 0.717) is 5.95 Å². The zero-order valence-corrected chi connectivity index (χ0v) is 8.92. The van der Waals surface area contributed by atoms with E-state index in [1.54, 1.807) is 6.07 Å². The first kappa shape index (κ1) is 10.2. The smallest absolute Gasteiger partial charge is 0.252 e. The SMILES string of the molecule is CCc1cc(=O)[nH]c(N2CCNCC2)n1. The lowest BCUT2D eigenvalue weighted by Crippen LogP contribution is -2.44. The lowest BCUT2D eigenvalue weighted by molar-refractivity contribution is 0.578. The number of anilines is 1. The van der Waals surface area contributed by atoms with Crippen LogP contribution in [-0.2, 0) is 6.42 Å². The van der Waals surface area contributed by atoms with Gasteiger partial charge in [0.1, 0.15) is 0 Å². The van der Waals surface area contributed by atoms with Crippen molar-refractivity contribution in [2.75, 3.05) is 31.1 Å². The van der Waals surface area contributed by atoms with Gasteiger partial charge in [-0.25, -0.2) is 4.98 Å². The third-order valence-corrected chi connectivity index (χ3v) is 2.56. The van der Waals surface area contributed by atoms with Crippen LogP contribution in [0.5, 0.6) is 0 Å². The maximum atomic E-state index is 11.4. The number of hydrogen-bond acceptors (Lipinski definition) is 4. The van der Waals surface area contributed by atoms with Crippen LogP contribution in [0.1, 0.15) is 12.6 Å². The summed E-state index contributed by atoms with van der Waals surface area (Å²) in [4.78, 5) is 20.7. The van der Waals surface area contributed by atoms with Gasteiger partial charge in [-0.2, -0.15) is 0 Å². The number of hydrogen-bond donors (Lipinski definition) is 2. The Morgan fingerprint density at radius 3 is 2.87 bits per heavy atom. The fraction of sp³-hybridized carbons (Fsp3) is 0.600. The number of aryl methyl sites for hydroxylation is 1. The minimum atomic E-state index is -0.0598. The van der Waals surface area contributed by atoms with Gasteiger partial charge in [0.15, 0.2) is 0 Å². The molecule has 0 aromatic carbocycles. The molecule has 5 heteroatoms. The molecule has 0 amide bonds. The number of nitrogens with one attached hydrogen (secondary N) is 2. The molecule has 0 radical (unpaired) electrons. The summed E-state index contributed by atoms with van der Waals surface area (Å²) in [6, 6.07) is 1.56. The predicted molar refractivity (Wildman–Crippen MR) is 59.3 cm³/mol. The molecule has 1 aromatic heterocycles. The first-order valence-electron chi connectivity index (χ1n) is 5.35. The van der Waals surface area contributed by atoms with Crippen LogP contribution >= 0.6 is 0 Å². The fourth-order valence-electron chi connectivity index (χ4n) is 1.70. The first-order valence-corrected chi connectivity index (χ1v) is 5.35. The zero-order valence-electron chi connectivity index (χ0n) is 8.92. The van der Waals surface area contributed by atoms with Crippen molar-refractivity contribution in [2.45, 2.75) is 13.3 Å². The summed E-state index contributed by atoms with van der Waals surface area (Å²) >= 11 is 0. The second-order valence-corrected chi connectivity index (χ2v) is 3.65. The highest BCUT2D eigenvalue weighted by Gasteiger charge is 2.12. The summed E-state index contributed by atoms with van der Waals surface area (Å²) in [6.07, 6.45) is 0.795. The molecule has 82 valence electrons. The van der Waals surface area contributed by atoms with E-state index in [2.05, 4.69) is 20.2 Å². The van der Waals surface area contributed by atoms with Crippen LogP contribution in [0.25, 0.3) is 0 Å². The molecular weight excluding hydrogens is 192 g/mol. The quantitative estimate of drug-likeness (QED) is 0.703. The Labute approximate surface area is 88.5 Å². The molecule has 0 bridgehead atoms. The Morgan fingerprint density at radius 1 is 1.47 bits per heavy atom. The van der Waals surface area contributed by atoms with Gasteiger partial charge in [0.25, 0.3) is 5.56 Å². The van der Waals surface area contributed by atoms with Crippen molar-refractivity contribution in [2.24, 2.45) is 0 Å². The summed E-state index contributed by atoms with van der Waals surface area (Å²) in [5.74, 6) is 0.709. The molecule has 1 saturated heterocycles. The highest BCUT2D eigenvalue weighted by atomic mass is 16.1. The van der Waals surface area contributed by atoms with Crippen LogP contribution in [-0.4, -0.2) is 36.1 Å². The number of nitrogens with zero attached hydrogens (tertiary/aromatic N) is 2. The van der Waals surface area contributed by atoms with Gasteiger partial charge in [0, 0.05) is 37.9 Å². The second-order valence-electron chi connectivity index (χ2n) is 3.65. The van der Waals surface area contributed by atoms with E-state index in [0.717, 1.165) is 38.3 Å². The fourth-order valence-corrected chi connectivity index (χ4v) is 1.70. The molecule has 5 nitrogen and oxygen atoms in total. The van der Waals surface area contributed by atoms with E-state index in [1.165, 1.54) is 0 Å². The average Bonchev–Trinajstić information content (AvgIpc) is 2.29. The first-order chi connectivity index (χ1) is 7.29. The summed E-state index contributed by atoms with van der Waals surface area (Å²) in [5.41, 5.74) is 0.794. The van der Waals surface area contributed by atoms with Crippen molar-refractivity contribution in [1.82, 2.24) is 15.3 Å². The highest BCUT2D eigenvalue weighted by Crippen LogP contribution is 2.06. The monoisotopic (exact) mass is 208 g/mol. The lowest BCUT2D eigenvalue weighted by Gasteiger charge is -2.27. The molecule has 2 heterocycles. The largest absolute Gasteiger partial charge is 0.340 e. The second kappa shape index (κ2) is 4.44. The van der Waals surface area contributed by atoms with Gasteiger partial charge >= 0.3 is 0 Å². The van der Waals surface area contributed by atoms with Crippen LogP contribution in [0.3, 0.4) is 0 Å². The summed E-state index contributed by atoms with van der Waals surface area (Å²) in [5, 5.41) is 3.27. The van der Waals surface area contributed by atoms with E-state index >= 15 is 0 Å². The maximum Gasteiger partial charge on any atom is 0.252 e. The minimum absolute atomic E-state index is 0.0598. The Kier molecular flexibility index (Phi) is 3.01. The number of rotatable bonds is 2. The van der Waals surface area contributed by atoms with E-state index in [-0.39, 0.29) is 5.56 Å². The van der Waals surface area contributed by atoms with Crippen molar-refractivity contribution in [1.29, 1.82) is 0 Å². The molecule has 1 aromatic rings. The lowest BCUT2D eigenvalue weighted by atomic mass is 10.3. The third-order valence-electron chi connectivity index (χ3n) is 2.56. The maximum absolute atomic E-state index is 11.4. The number of H-pyrrole nitrogens is 1. The standard InChI is InChI=1S/C10H16N4O/c1-2-8-7-9(15)13-10(12-8)14-5-3-11-4-6-14/h7,11H,2-6H2,1H3,(H,12,13,15). The number of aromatic amines is 1. The van der Waals surface area contributed by atoms with Gasteiger partial charge in [0.05, 0.1) is 0 Å². The van der Waals surface area contributed by atoms with Crippen LogP contribution in [0.15, 0.2) is 10.9 Å². The normalized spacial score (nSPS) is 16.7.